The number of sulfone groups is 1. The minimum atomic E-state index is -3.62. The van der Waals surface area contributed by atoms with Gasteiger partial charge < -0.3 is 9.47 Å². The van der Waals surface area contributed by atoms with Gasteiger partial charge in [0.25, 0.3) is 0 Å². The molecule has 9 heteroatoms. The van der Waals surface area contributed by atoms with E-state index in [1.807, 2.05) is 0 Å². The van der Waals surface area contributed by atoms with Crippen molar-refractivity contribution >= 4 is 21.6 Å². The number of hydrogen-bond acceptors (Lipinski definition) is 5. The summed E-state index contributed by atoms with van der Waals surface area (Å²) in [7, 11) is -1.94. The van der Waals surface area contributed by atoms with Crippen LogP contribution in [0.15, 0.2) is 22.7 Å². The normalized spacial score (nSPS) is 16.4. The molecule has 2 amide bonds. The van der Waals surface area contributed by atoms with Gasteiger partial charge in [-0.2, -0.15) is 5.10 Å². The number of aromatic nitrogens is 2. The molecule has 0 bridgehead atoms. The van der Waals surface area contributed by atoms with Gasteiger partial charge in [-0.05, 0) is 6.92 Å². The highest BCUT2D eigenvalue weighted by Gasteiger charge is 2.27. The lowest BCUT2D eigenvalue weighted by atomic mass is 10.4. The minimum absolute atomic E-state index is 0.0436. The SMILES string of the molecule is CC1=NNC(=O)N(CS(=O)(=O)c2cn(C)cn2)C1. The number of amides is 2. The van der Waals surface area contributed by atoms with Crippen molar-refractivity contribution < 1.29 is 13.2 Å². The van der Waals surface area contributed by atoms with Crippen LogP contribution in [0, 0.1) is 0 Å². The van der Waals surface area contributed by atoms with Gasteiger partial charge in [0.15, 0.2) is 5.03 Å². The molecule has 98 valence electrons. The van der Waals surface area contributed by atoms with Gasteiger partial charge >= 0.3 is 6.03 Å². The topological polar surface area (TPSA) is 96.7 Å². The largest absolute Gasteiger partial charge is 0.339 e. The van der Waals surface area contributed by atoms with Crippen LogP contribution >= 0.6 is 0 Å². The molecule has 0 radical (unpaired) electrons. The minimum Gasteiger partial charge on any atom is -0.339 e. The lowest BCUT2D eigenvalue weighted by molar-refractivity contribution is 0.209. The first-order chi connectivity index (χ1) is 8.38. The second-order valence-corrected chi connectivity index (χ2v) is 5.99. The lowest BCUT2D eigenvalue weighted by Gasteiger charge is -2.24. The van der Waals surface area contributed by atoms with Crippen molar-refractivity contribution in [3.8, 4) is 0 Å². The molecule has 2 heterocycles. The summed E-state index contributed by atoms with van der Waals surface area (Å²) in [5, 5.41) is 3.69. The standard InChI is InChI=1S/C9H13N5O3S/c1-7-3-14(9(15)12-11-7)6-18(16,17)8-4-13(2)5-10-8/h4-5H,3,6H2,1-2H3,(H,12,15). The van der Waals surface area contributed by atoms with Crippen molar-refractivity contribution in [2.75, 3.05) is 12.4 Å². The lowest BCUT2D eigenvalue weighted by Crippen LogP contribution is -2.47. The number of rotatable bonds is 3. The summed E-state index contributed by atoms with van der Waals surface area (Å²) in [6, 6.07) is -0.528. The summed E-state index contributed by atoms with van der Waals surface area (Å²) in [6.07, 6.45) is 2.80. The summed E-state index contributed by atoms with van der Waals surface area (Å²) in [5.41, 5.74) is 2.89. The third-order valence-corrected chi connectivity index (χ3v) is 3.87. The summed E-state index contributed by atoms with van der Waals surface area (Å²) >= 11 is 0. The number of nitrogens with zero attached hydrogens (tertiary/aromatic N) is 4. The summed E-state index contributed by atoms with van der Waals surface area (Å²) < 4.78 is 25.6. The maximum absolute atomic E-state index is 12.0. The van der Waals surface area contributed by atoms with E-state index in [-0.39, 0.29) is 11.6 Å². The second-order valence-electron chi connectivity index (χ2n) is 4.08. The number of hydrazone groups is 1. The van der Waals surface area contributed by atoms with Crippen LogP contribution in [0.25, 0.3) is 0 Å². The Hall–Kier alpha value is -1.90. The summed E-state index contributed by atoms with van der Waals surface area (Å²) in [6.45, 7) is 1.90. The molecule has 0 aliphatic carbocycles. The van der Waals surface area contributed by atoms with E-state index in [0.29, 0.717) is 5.71 Å². The molecule has 0 saturated carbocycles. The van der Waals surface area contributed by atoms with Crippen LogP contribution in [-0.2, 0) is 16.9 Å². The van der Waals surface area contributed by atoms with Gasteiger partial charge in [-0.1, -0.05) is 0 Å². The highest BCUT2D eigenvalue weighted by molar-refractivity contribution is 7.91. The fourth-order valence-electron chi connectivity index (χ4n) is 1.52. The molecule has 8 nitrogen and oxygen atoms in total. The third-order valence-electron chi connectivity index (χ3n) is 2.37. The summed E-state index contributed by atoms with van der Waals surface area (Å²) in [4.78, 5) is 16.4. The Kier molecular flexibility index (Phi) is 3.07. The average Bonchev–Trinajstić information content (AvgIpc) is 2.71. The van der Waals surface area contributed by atoms with E-state index < -0.39 is 21.7 Å². The van der Waals surface area contributed by atoms with E-state index in [0.717, 1.165) is 0 Å². The van der Waals surface area contributed by atoms with Gasteiger partial charge in [0, 0.05) is 13.2 Å². The van der Waals surface area contributed by atoms with Gasteiger partial charge in [0.1, 0.15) is 5.88 Å². The first kappa shape index (κ1) is 12.6. The predicted molar refractivity (Wildman–Crippen MR) is 63.6 cm³/mol. The first-order valence-electron chi connectivity index (χ1n) is 5.17. The molecule has 0 spiro atoms. The Labute approximate surface area is 104 Å². The van der Waals surface area contributed by atoms with Gasteiger partial charge in [-0.15, -0.1) is 0 Å². The smallest absolute Gasteiger partial charge is 0.339 e. The van der Waals surface area contributed by atoms with Gasteiger partial charge in [-0.3, -0.25) is 0 Å². The maximum atomic E-state index is 12.0. The Bertz CT molecular complexity index is 603. The number of aryl methyl sites for hydroxylation is 1. The molecule has 0 atom stereocenters. The molecule has 1 aliphatic heterocycles. The molecule has 1 N–H and O–H groups in total. The van der Waals surface area contributed by atoms with Crippen molar-refractivity contribution in [1.29, 1.82) is 0 Å². The molecule has 1 aliphatic rings. The van der Waals surface area contributed by atoms with Crippen molar-refractivity contribution in [2.45, 2.75) is 11.9 Å². The van der Waals surface area contributed by atoms with Crippen LogP contribution in [0.1, 0.15) is 6.92 Å². The molecule has 1 aromatic heterocycles. The Morgan fingerprint density at radius 2 is 2.22 bits per heavy atom. The third kappa shape index (κ3) is 2.50. The van der Waals surface area contributed by atoms with Crippen molar-refractivity contribution in [3.63, 3.8) is 0 Å². The molecule has 0 unspecified atom stereocenters. The molecule has 18 heavy (non-hydrogen) atoms. The van der Waals surface area contributed by atoms with E-state index in [4.69, 9.17) is 0 Å². The second kappa shape index (κ2) is 4.41. The summed E-state index contributed by atoms with van der Waals surface area (Å²) in [5.74, 6) is -0.414. The van der Waals surface area contributed by atoms with Crippen LogP contribution in [0.3, 0.4) is 0 Å². The molecular weight excluding hydrogens is 258 g/mol. The fraction of sp³-hybridized carbons (Fsp3) is 0.444. The van der Waals surface area contributed by atoms with E-state index in [2.05, 4.69) is 15.5 Å². The Morgan fingerprint density at radius 1 is 1.50 bits per heavy atom. The van der Waals surface area contributed by atoms with Crippen LogP contribution in [-0.4, -0.2) is 47.0 Å². The average molecular weight is 271 g/mol. The highest BCUT2D eigenvalue weighted by atomic mass is 32.2. The molecule has 0 aromatic carbocycles. The zero-order valence-electron chi connectivity index (χ0n) is 9.99. The van der Waals surface area contributed by atoms with E-state index in [1.54, 1.807) is 14.0 Å². The molecular formula is C9H13N5O3S. The number of imidazole rings is 1. The Balaban J connectivity index is 2.18. The van der Waals surface area contributed by atoms with E-state index in [1.165, 1.54) is 22.0 Å². The predicted octanol–water partition coefficient (Wildman–Crippen LogP) is -0.448. The number of carbonyl (C=O) groups excluding carboxylic acids is 1. The van der Waals surface area contributed by atoms with Gasteiger partial charge in [-0.25, -0.2) is 23.6 Å². The molecule has 2 rings (SSSR count). The molecule has 0 saturated heterocycles. The van der Waals surface area contributed by atoms with Crippen LogP contribution in [0.4, 0.5) is 4.79 Å². The quantitative estimate of drug-likeness (QED) is 0.805. The van der Waals surface area contributed by atoms with Gasteiger partial charge in [0.2, 0.25) is 9.84 Å². The van der Waals surface area contributed by atoms with Crippen molar-refractivity contribution in [2.24, 2.45) is 12.1 Å². The fourth-order valence-corrected chi connectivity index (χ4v) is 2.81. The number of nitrogens with one attached hydrogen (secondary N) is 1. The van der Waals surface area contributed by atoms with E-state index in [9.17, 15) is 13.2 Å². The first-order valence-corrected chi connectivity index (χ1v) is 6.82. The van der Waals surface area contributed by atoms with Gasteiger partial charge in [0.05, 0.1) is 18.6 Å². The van der Waals surface area contributed by atoms with Crippen LogP contribution in [0.2, 0.25) is 0 Å². The van der Waals surface area contributed by atoms with Crippen molar-refractivity contribution in [1.82, 2.24) is 19.9 Å². The number of carbonyl (C=O) groups is 1. The Morgan fingerprint density at radius 3 is 2.83 bits per heavy atom. The van der Waals surface area contributed by atoms with E-state index >= 15 is 0 Å². The number of hydrogen-bond donors (Lipinski definition) is 1. The van der Waals surface area contributed by atoms with Crippen LogP contribution < -0.4 is 5.43 Å². The zero-order valence-corrected chi connectivity index (χ0v) is 10.8. The molecule has 1 aromatic rings. The van der Waals surface area contributed by atoms with Crippen molar-refractivity contribution in [3.05, 3.63) is 12.5 Å². The zero-order chi connectivity index (χ0) is 13.3. The monoisotopic (exact) mass is 271 g/mol. The maximum Gasteiger partial charge on any atom is 0.339 e. The molecule has 0 fully saturated rings. The highest BCUT2D eigenvalue weighted by Crippen LogP contribution is 2.10. The van der Waals surface area contributed by atoms with Crippen LogP contribution in [0.5, 0.6) is 0 Å². The number of urea groups is 1.